The number of benzene rings is 1. The summed E-state index contributed by atoms with van der Waals surface area (Å²) >= 11 is 3.57. The van der Waals surface area contributed by atoms with Gasteiger partial charge in [0.05, 0.1) is 29.5 Å². The van der Waals surface area contributed by atoms with Gasteiger partial charge in [-0.05, 0) is 40.9 Å². The molecule has 1 unspecified atom stereocenters. The van der Waals surface area contributed by atoms with E-state index in [1.54, 1.807) is 13.3 Å². The Hall–Kier alpha value is -1.37. The van der Waals surface area contributed by atoms with Crippen LogP contribution in [0.15, 0.2) is 28.9 Å². The van der Waals surface area contributed by atoms with E-state index in [1.807, 2.05) is 23.7 Å². The molecular formula is C15H21BrN4O. The minimum absolute atomic E-state index is 0.191. The van der Waals surface area contributed by atoms with Crippen molar-refractivity contribution < 1.29 is 4.74 Å². The molecule has 6 heteroatoms. The van der Waals surface area contributed by atoms with E-state index in [0.29, 0.717) is 0 Å². The van der Waals surface area contributed by atoms with Gasteiger partial charge in [0.1, 0.15) is 5.75 Å². The topological polar surface area (TPSA) is 65.1 Å². The molecule has 2 aromatic rings. The third kappa shape index (κ3) is 3.28. The van der Waals surface area contributed by atoms with Gasteiger partial charge in [-0.15, -0.1) is 0 Å². The van der Waals surface area contributed by atoms with E-state index in [-0.39, 0.29) is 6.04 Å². The summed E-state index contributed by atoms with van der Waals surface area (Å²) in [6.45, 7) is 5.00. The van der Waals surface area contributed by atoms with Gasteiger partial charge in [0.2, 0.25) is 0 Å². The highest BCUT2D eigenvalue weighted by Gasteiger charge is 2.23. The minimum Gasteiger partial charge on any atom is -0.496 e. The second kappa shape index (κ2) is 7.06. The molecule has 1 aromatic heterocycles. The summed E-state index contributed by atoms with van der Waals surface area (Å²) in [5, 5.41) is 4.41. The van der Waals surface area contributed by atoms with Crippen LogP contribution in [0.3, 0.4) is 0 Å². The van der Waals surface area contributed by atoms with Crippen molar-refractivity contribution in [3.63, 3.8) is 0 Å². The van der Waals surface area contributed by atoms with E-state index in [2.05, 4.69) is 39.4 Å². The Labute approximate surface area is 133 Å². The Balaban J connectivity index is 2.52. The molecule has 0 radical (unpaired) electrons. The standard InChI is InChI=1S/C15H21BrN4O/c1-4-7-20-15(12(16)9-18-20)14(19-17)11-6-5-10(2)8-13(11)21-3/h5-6,8-9,14,19H,4,7,17H2,1-3H3. The highest BCUT2D eigenvalue weighted by atomic mass is 79.9. The van der Waals surface area contributed by atoms with Crippen LogP contribution < -0.4 is 16.0 Å². The van der Waals surface area contributed by atoms with Crippen LogP contribution in [-0.2, 0) is 6.54 Å². The number of nitrogens with zero attached hydrogens (tertiary/aromatic N) is 2. The number of hydrogen-bond acceptors (Lipinski definition) is 4. The molecule has 0 aliphatic rings. The maximum absolute atomic E-state index is 5.82. The van der Waals surface area contributed by atoms with Crippen LogP contribution in [0.4, 0.5) is 0 Å². The minimum atomic E-state index is -0.191. The first kappa shape index (κ1) is 16.0. The molecule has 2 rings (SSSR count). The molecule has 0 saturated carbocycles. The zero-order valence-corrected chi connectivity index (χ0v) is 14.1. The van der Waals surface area contributed by atoms with Gasteiger partial charge in [0.15, 0.2) is 0 Å². The van der Waals surface area contributed by atoms with Crippen LogP contribution in [0.25, 0.3) is 0 Å². The van der Waals surface area contributed by atoms with Gasteiger partial charge in [-0.25, -0.2) is 5.43 Å². The van der Waals surface area contributed by atoms with Crippen molar-refractivity contribution >= 4 is 15.9 Å². The zero-order chi connectivity index (χ0) is 15.4. The van der Waals surface area contributed by atoms with E-state index in [0.717, 1.165) is 40.0 Å². The number of rotatable bonds is 6. The summed E-state index contributed by atoms with van der Waals surface area (Å²) < 4.78 is 8.40. The predicted octanol–water partition coefficient (Wildman–Crippen LogP) is 2.93. The number of ether oxygens (including phenoxy) is 1. The molecule has 0 spiro atoms. The number of aromatic nitrogens is 2. The monoisotopic (exact) mass is 352 g/mol. The first-order valence-electron chi connectivity index (χ1n) is 6.94. The van der Waals surface area contributed by atoms with Crippen molar-refractivity contribution in [2.75, 3.05) is 7.11 Å². The van der Waals surface area contributed by atoms with Gasteiger partial charge in [0.25, 0.3) is 0 Å². The molecule has 1 heterocycles. The SMILES string of the molecule is CCCn1ncc(Br)c1C(NN)c1ccc(C)cc1OC. The summed E-state index contributed by atoms with van der Waals surface area (Å²) in [5.74, 6) is 6.64. The fourth-order valence-corrected chi connectivity index (χ4v) is 2.95. The largest absolute Gasteiger partial charge is 0.496 e. The second-order valence-electron chi connectivity index (χ2n) is 4.95. The molecule has 1 atom stereocenters. The Morgan fingerprint density at radius 2 is 2.24 bits per heavy atom. The second-order valence-corrected chi connectivity index (χ2v) is 5.80. The normalized spacial score (nSPS) is 12.4. The van der Waals surface area contributed by atoms with E-state index in [4.69, 9.17) is 10.6 Å². The quantitative estimate of drug-likeness (QED) is 0.619. The summed E-state index contributed by atoms with van der Waals surface area (Å²) in [7, 11) is 1.67. The average Bonchev–Trinajstić information content (AvgIpc) is 2.83. The molecule has 114 valence electrons. The number of aryl methyl sites for hydroxylation is 2. The highest BCUT2D eigenvalue weighted by Crippen LogP contribution is 2.33. The van der Waals surface area contributed by atoms with Gasteiger partial charge in [-0.3, -0.25) is 10.5 Å². The lowest BCUT2D eigenvalue weighted by Crippen LogP contribution is -2.31. The van der Waals surface area contributed by atoms with Crippen molar-refractivity contribution in [2.24, 2.45) is 5.84 Å². The fraction of sp³-hybridized carbons (Fsp3) is 0.400. The molecule has 0 saturated heterocycles. The van der Waals surface area contributed by atoms with E-state index >= 15 is 0 Å². The lowest BCUT2D eigenvalue weighted by atomic mass is 10.0. The molecule has 0 bridgehead atoms. The predicted molar refractivity (Wildman–Crippen MR) is 87.1 cm³/mol. The van der Waals surface area contributed by atoms with Gasteiger partial charge in [0, 0.05) is 12.1 Å². The van der Waals surface area contributed by atoms with E-state index in [1.165, 1.54) is 0 Å². The number of hydrazine groups is 1. The number of halogens is 1. The van der Waals surface area contributed by atoms with Crippen LogP contribution in [0.5, 0.6) is 5.75 Å². The van der Waals surface area contributed by atoms with Crippen LogP contribution in [0.2, 0.25) is 0 Å². The number of methoxy groups -OCH3 is 1. The van der Waals surface area contributed by atoms with E-state index < -0.39 is 0 Å². The van der Waals surface area contributed by atoms with Crippen LogP contribution >= 0.6 is 15.9 Å². The van der Waals surface area contributed by atoms with Crippen LogP contribution in [0.1, 0.15) is 36.2 Å². The third-order valence-corrected chi connectivity index (χ3v) is 4.02. The summed E-state index contributed by atoms with van der Waals surface area (Å²) in [4.78, 5) is 0. The summed E-state index contributed by atoms with van der Waals surface area (Å²) in [6, 6.07) is 5.91. The fourth-order valence-electron chi connectivity index (χ4n) is 2.42. The molecule has 0 aliphatic heterocycles. The zero-order valence-electron chi connectivity index (χ0n) is 12.6. The molecule has 21 heavy (non-hydrogen) atoms. The maximum atomic E-state index is 5.82. The Bertz CT molecular complexity index is 612. The van der Waals surface area contributed by atoms with Crippen LogP contribution in [-0.4, -0.2) is 16.9 Å². The molecule has 1 aromatic carbocycles. The molecule has 0 amide bonds. The van der Waals surface area contributed by atoms with E-state index in [9.17, 15) is 0 Å². The molecule has 0 fully saturated rings. The maximum Gasteiger partial charge on any atom is 0.124 e. The highest BCUT2D eigenvalue weighted by molar-refractivity contribution is 9.10. The lowest BCUT2D eigenvalue weighted by Gasteiger charge is -2.21. The van der Waals surface area contributed by atoms with Gasteiger partial charge >= 0.3 is 0 Å². The summed E-state index contributed by atoms with van der Waals surface area (Å²) in [6.07, 6.45) is 2.81. The summed E-state index contributed by atoms with van der Waals surface area (Å²) in [5.41, 5.74) is 6.02. The van der Waals surface area contributed by atoms with Gasteiger partial charge < -0.3 is 4.74 Å². The molecular weight excluding hydrogens is 332 g/mol. The Morgan fingerprint density at radius 1 is 1.48 bits per heavy atom. The van der Waals surface area contributed by atoms with Crippen molar-refractivity contribution in [1.29, 1.82) is 0 Å². The number of hydrogen-bond donors (Lipinski definition) is 2. The molecule has 3 N–H and O–H groups in total. The number of nitrogens with one attached hydrogen (secondary N) is 1. The van der Waals surface area contributed by atoms with Crippen molar-refractivity contribution in [2.45, 2.75) is 32.9 Å². The van der Waals surface area contributed by atoms with Gasteiger partial charge in [-0.2, -0.15) is 5.10 Å². The first-order valence-corrected chi connectivity index (χ1v) is 7.73. The lowest BCUT2D eigenvalue weighted by molar-refractivity contribution is 0.401. The smallest absolute Gasteiger partial charge is 0.124 e. The van der Waals surface area contributed by atoms with Crippen molar-refractivity contribution in [3.05, 3.63) is 45.7 Å². The first-order chi connectivity index (χ1) is 10.1. The van der Waals surface area contributed by atoms with Crippen molar-refractivity contribution in [3.8, 4) is 5.75 Å². The third-order valence-electron chi connectivity index (χ3n) is 3.41. The van der Waals surface area contributed by atoms with Crippen molar-refractivity contribution in [1.82, 2.24) is 15.2 Å². The van der Waals surface area contributed by atoms with Crippen LogP contribution in [0, 0.1) is 6.92 Å². The average molecular weight is 353 g/mol. The number of nitrogens with two attached hydrogens (primary N) is 1. The molecule has 5 nitrogen and oxygen atoms in total. The van der Waals surface area contributed by atoms with Gasteiger partial charge in [-0.1, -0.05) is 19.1 Å². The molecule has 0 aliphatic carbocycles. The Kier molecular flexibility index (Phi) is 5.39. The Morgan fingerprint density at radius 3 is 2.86 bits per heavy atom.